The van der Waals surface area contributed by atoms with Crippen LogP contribution in [0.2, 0.25) is 0 Å². The number of amides is 1. The second-order valence-electron chi connectivity index (χ2n) is 6.33. The zero-order valence-electron chi connectivity index (χ0n) is 14.4. The summed E-state index contributed by atoms with van der Waals surface area (Å²) >= 11 is 0. The Kier molecular flexibility index (Phi) is 7.01. The number of carbonyl (C=O) groups is 1. The lowest BCUT2D eigenvalue weighted by molar-refractivity contribution is -0.144. The van der Waals surface area contributed by atoms with Crippen molar-refractivity contribution >= 4 is 5.91 Å². The molecule has 1 aromatic heterocycles. The van der Waals surface area contributed by atoms with Crippen LogP contribution in [-0.2, 0) is 12.7 Å². The Morgan fingerprint density at radius 2 is 1.92 bits per heavy atom. The number of hydrogen-bond acceptors (Lipinski definition) is 3. The number of halogens is 3. The van der Waals surface area contributed by atoms with E-state index in [-0.39, 0.29) is 18.7 Å². The Morgan fingerprint density at radius 1 is 1.29 bits per heavy atom. The minimum absolute atomic E-state index is 0.145. The highest BCUT2D eigenvalue weighted by Crippen LogP contribution is 2.28. The SMILES string of the molecule is CC(C)CCNC(=O)c1ccc(C(F)(F)F)n(CCN(C)C)c1=O. The monoisotopic (exact) mass is 347 g/mol. The molecule has 0 atom stereocenters. The maximum atomic E-state index is 13.1. The van der Waals surface area contributed by atoms with Gasteiger partial charge in [-0.25, -0.2) is 0 Å². The maximum absolute atomic E-state index is 13.1. The van der Waals surface area contributed by atoms with Crippen molar-refractivity contribution < 1.29 is 18.0 Å². The van der Waals surface area contributed by atoms with Crippen LogP contribution in [0.5, 0.6) is 0 Å². The van der Waals surface area contributed by atoms with Crippen LogP contribution in [0, 0.1) is 5.92 Å². The molecule has 0 fully saturated rings. The number of likely N-dealkylation sites (N-methyl/N-ethyl adjacent to an activating group) is 1. The molecular formula is C16H24F3N3O2. The lowest BCUT2D eigenvalue weighted by atomic mass is 10.1. The van der Waals surface area contributed by atoms with Crippen LogP contribution in [-0.4, -0.2) is 42.6 Å². The summed E-state index contributed by atoms with van der Waals surface area (Å²) in [5, 5.41) is 2.58. The molecule has 5 nitrogen and oxygen atoms in total. The Hall–Kier alpha value is -1.83. The summed E-state index contributed by atoms with van der Waals surface area (Å²) in [4.78, 5) is 26.1. The number of pyridine rings is 1. The van der Waals surface area contributed by atoms with Crippen LogP contribution in [0.3, 0.4) is 0 Å². The minimum atomic E-state index is -4.65. The van der Waals surface area contributed by atoms with E-state index in [0.717, 1.165) is 18.6 Å². The van der Waals surface area contributed by atoms with Crippen LogP contribution in [0.15, 0.2) is 16.9 Å². The predicted molar refractivity (Wildman–Crippen MR) is 86.0 cm³/mol. The highest BCUT2D eigenvalue weighted by Gasteiger charge is 2.35. The zero-order chi connectivity index (χ0) is 18.5. The van der Waals surface area contributed by atoms with Gasteiger partial charge in [0.25, 0.3) is 11.5 Å². The van der Waals surface area contributed by atoms with Gasteiger partial charge in [-0.05, 0) is 38.6 Å². The van der Waals surface area contributed by atoms with Gasteiger partial charge in [0.05, 0.1) is 0 Å². The smallest absolute Gasteiger partial charge is 0.352 e. The van der Waals surface area contributed by atoms with Crippen molar-refractivity contribution in [2.24, 2.45) is 5.92 Å². The fraction of sp³-hybridized carbons (Fsp3) is 0.625. The predicted octanol–water partition coefficient (Wildman–Crippen LogP) is 2.20. The highest BCUT2D eigenvalue weighted by atomic mass is 19.4. The number of rotatable bonds is 7. The van der Waals surface area contributed by atoms with Gasteiger partial charge in [0.15, 0.2) is 0 Å². The number of alkyl halides is 3. The highest BCUT2D eigenvalue weighted by molar-refractivity contribution is 5.93. The zero-order valence-corrected chi connectivity index (χ0v) is 14.4. The molecule has 0 aliphatic carbocycles. The maximum Gasteiger partial charge on any atom is 0.431 e. The second-order valence-corrected chi connectivity index (χ2v) is 6.33. The first kappa shape index (κ1) is 20.2. The van der Waals surface area contributed by atoms with E-state index < -0.39 is 23.3 Å². The second kappa shape index (κ2) is 8.32. The van der Waals surface area contributed by atoms with Crippen molar-refractivity contribution in [3.05, 3.63) is 33.7 Å². The van der Waals surface area contributed by atoms with Crippen LogP contribution >= 0.6 is 0 Å². The number of aromatic nitrogens is 1. The van der Waals surface area contributed by atoms with Crippen LogP contribution < -0.4 is 10.9 Å². The standard InChI is InChI=1S/C16H24F3N3O2/c1-11(2)7-8-20-14(23)12-5-6-13(16(17,18)19)22(15(12)24)10-9-21(3)4/h5-6,11H,7-10H2,1-4H3,(H,20,23). The molecular weight excluding hydrogens is 323 g/mol. The summed E-state index contributed by atoms with van der Waals surface area (Å²) in [6.45, 7) is 4.45. The Bertz CT molecular complexity index is 622. The number of nitrogens with zero attached hydrogens (tertiary/aromatic N) is 2. The molecule has 0 radical (unpaired) electrons. The first-order valence-corrected chi connectivity index (χ1v) is 7.78. The summed E-state index contributed by atoms with van der Waals surface area (Å²) in [6, 6.07) is 1.73. The summed E-state index contributed by atoms with van der Waals surface area (Å²) in [7, 11) is 3.39. The van der Waals surface area contributed by atoms with Crippen molar-refractivity contribution in [3.8, 4) is 0 Å². The molecule has 0 unspecified atom stereocenters. The summed E-state index contributed by atoms with van der Waals surface area (Å²) < 4.78 is 39.9. The molecule has 1 aromatic rings. The Labute approximate surface area is 139 Å². The fourth-order valence-electron chi connectivity index (χ4n) is 2.09. The summed E-state index contributed by atoms with van der Waals surface area (Å²) in [5.74, 6) is -0.275. The quantitative estimate of drug-likeness (QED) is 0.823. The van der Waals surface area contributed by atoms with Crippen molar-refractivity contribution in [3.63, 3.8) is 0 Å². The molecule has 1 amide bonds. The van der Waals surface area contributed by atoms with Gasteiger partial charge in [0.2, 0.25) is 0 Å². The van der Waals surface area contributed by atoms with E-state index in [9.17, 15) is 22.8 Å². The molecule has 0 saturated carbocycles. The third-order valence-electron chi connectivity index (χ3n) is 3.49. The van der Waals surface area contributed by atoms with Gasteiger partial charge in [-0.1, -0.05) is 13.8 Å². The molecule has 0 aliphatic rings. The van der Waals surface area contributed by atoms with Crippen LogP contribution in [0.1, 0.15) is 36.3 Å². The van der Waals surface area contributed by atoms with E-state index in [1.807, 2.05) is 13.8 Å². The third-order valence-corrected chi connectivity index (χ3v) is 3.49. The van der Waals surface area contributed by atoms with E-state index in [1.54, 1.807) is 19.0 Å². The van der Waals surface area contributed by atoms with Gasteiger partial charge < -0.3 is 14.8 Å². The molecule has 24 heavy (non-hydrogen) atoms. The van der Waals surface area contributed by atoms with Crippen molar-refractivity contribution in [2.75, 3.05) is 27.2 Å². The lowest BCUT2D eigenvalue weighted by Crippen LogP contribution is -2.38. The normalized spacial score (nSPS) is 12.0. The fourth-order valence-corrected chi connectivity index (χ4v) is 2.09. The van der Waals surface area contributed by atoms with Gasteiger partial charge in [-0.3, -0.25) is 9.59 Å². The molecule has 1 heterocycles. The van der Waals surface area contributed by atoms with Crippen molar-refractivity contribution in [1.29, 1.82) is 0 Å². The number of nitrogens with one attached hydrogen (secondary N) is 1. The molecule has 136 valence electrons. The average Bonchev–Trinajstić information content (AvgIpc) is 2.43. The van der Waals surface area contributed by atoms with Gasteiger partial charge in [0, 0.05) is 19.6 Å². The molecule has 8 heteroatoms. The van der Waals surface area contributed by atoms with Gasteiger partial charge in [-0.2, -0.15) is 13.2 Å². The molecule has 1 rings (SSSR count). The van der Waals surface area contributed by atoms with Crippen LogP contribution in [0.25, 0.3) is 0 Å². The Morgan fingerprint density at radius 3 is 2.42 bits per heavy atom. The largest absolute Gasteiger partial charge is 0.431 e. The van der Waals surface area contributed by atoms with Gasteiger partial charge >= 0.3 is 6.18 Å². The van der Waals surface area contributed by atoms with E-state index in [4.69, 9.17) is 0 Å². The third kappa shape index (κ3) is 5.67. The molecule has 0 aromatic carbocycles. The van der Waals surface area contributed by atoms with E-state index in [1.165, 1.54) is 0 Å². The summed E-state index contributed by atoms with van der Waals surface area (Å²) in [6.07, 6.45) is -3.93. The molecule has 0 saturated heterocycles. The van der Waals surface area contributed by atoms with Crippen molar-refractivity contribution in [2.45, 2.75) is 33.0 Å². The molecule has 0 aliphatic heterocycles. The summed E-state index contributed by atoms with van der Waals surface area (Å²) in [5.41, 5.74) is -2.24. The van der Waals surface area contributed by atoms with E-state index in [0.29, 0.717) is 17.0 Å². The molecule has 1 N–H and O–H groups in total. The van der Waals surface area contributed by atoms with Crippen molar-refractivity contribution in [1.82, 2.24) is 14.8 Å². The van der Waals surface area contributed by atoms with Crippen LogP contribution in [0.4, 0.5) is 13.2 Å². The minimum Gasteiger partial charge on any atom is -0.352 e. The molecule has 0 spiro atoms. The van der Waals surface area contributed by atoms with E-state index >= 15 is 0 Å². The van der Waals surface area contributed by atoms with Gasteiger partial charge in [0.1, 0.15) is 11.3 Å². The topological polar surface area (TPSA) is 54.3 Å². The number of carbonyl (C=O) groups excluding carboxylic acids is 1. The molecule has 0 bridgehead atoms. The lowest BCUT2D eigenvalue weighted by Gasteiger charge is -2.18. The first-order chi connectivity index (χ1) is 11.0. The number of hydrogen-bond donors (Lipinski definition) is 1. The Balaban J connectivity index is 3.13. The average molecular weight is 347 g/mol. The van der Waals surface area contributed by atoms with Gasteiger partial charge in [-0.15, -0.1) is 0 Å². The van der Waals surface area contributed by atoms with E-state index in [2.05, 4.69) is 5.32 Å². The first-order valence-electron chi connectivity index (χ1n) is 7.78.